The van der Waals surface area contributed by atoms with Gasteiger partial charge in [-0.15, -0.1) is 0 Å². The molecule has 0 bridgehead atoms. The lowest BCUT2D eigenvalue weighted by molar-refractivity contribution is -0.0226. The van der Waals surface area contributed by atoms with Crippen LogP contribution in [0.15, 0.2) is 61.1 Å². The molecule has 1 amide bonds. The van der Waals surface area contributed by atoms with E-state index in [0.29, 0.717) is 31.0 Å². The summed E-state index contributed by atoms with van der Waals surface area (Å²) in [6.07, 6.45) is 6.25. The molecule has 1 unspecified atom stereocenters. The number of benzene rings is 1. The minimum Gasteiger partial charge on any atom is -0.375 e. The molecule has 1 aromatic carbocycles. The molecule has 0 N–H and O–H groups in total. The Bertz CT molecular complexity index is 908. The molecule has 6 heteroatoms. The van der Waals surface area contributed by atoms with Crippen molar-refractivity contribution >= 4 is 5.91 Å². The van der Waals surface area contributed by atoms with Gasteiger partial charge in [0.25, 0.3) is 5.91 Å². The number of hydrogen-bond acceptors (Lipinski definition) is 4. The SMILES string of the molecule is CCC1CN(C(=O)c2cn(-c3ccccc3)nc2-c2cccnc2)CCO1. The van der Waals surface area contributed by atoms with Crippen LogP contribution in [0, 0.1) is 0 Å². The Balaban J connectivity index is 1.74. The van der Waals surface area contributed by atoms with Gasteiger partial charge in [-0.1, -0.05) is 25.1 Å². The van der Waals surface area contributed by atoms with E-state index in [9.17, 15) is 4.79 Å². The number of aromatic nitrogens is 3. The van der Waals surface area contributed by atoms with Gasteiger partial charge in [0.2, 0.25) is 0 Å². The van der Waals surface area contributed by atoms with Gasteiger partial charge in [-0.25, -0.2) is 4.68 Å². The Hall–Kier alpha value is -2.99. The Kier molecular flexibility index (Phi) is 4.98. The van der Waals surface area contributed by atoms with Crippen molar-refractivity contribution in [2.45, 2.75) is 19.4 Å². The molecule has 0 radical (unpaired) electrons. The van der Waals surface area contributed by atoms with E-state index in [4.69, 9.17) is 9.84 Å². The molecule has 2 aromatic heterocycles. The van der Waals surface area contributed by atoms with Crippen molar-refractivity contribution < 1.29 is 9.53 Å². The molecular formula is C21H22N4O2. The topological polar surface area (TPSA) is 60.2 Å². The number of nitrogens with zero attached hydrogens (tertiary/aromatic N) is 4. The molecule has 4 rings (SSSR count). The van der Waals surface area contributed by atoms with Gasteiger partial charge >= 0.3 is 0 Å². The molecule has 138 valence electrons. The predicted octanol–water partition coefficient (Wildman–Crippen LogP) is 3.19. The molecular weight excluding hydrogens is 340 g/mol. The highest BCUT2D eigenvalue weighted by atomic mass is 16.5. The summed E-state index contributed by atoms with van der Waals surface area (Å²) < 4.78 is 7.47. The van der Waals surface area contributed by atoms with Gasteiger partial charge in [-0.2, -0.15) is 5.10 Å². The van der Waals surface area contributed by atoms with Crippen LogP contribution in [0.3, 0.4) is 0 Å². The van der Waals surface area contributed by atoms with Crippen molar-refractivity contribution in [1.29, 1.82) is 0 Å². The van der Waals surface area contributed by atoms with Gasteiger partial charge in [-0.05, 0) is 30.7 Å². The van der Waals surface area contributed by atoms with Gasteiger partial charge in [0, 0.05) is 37.2 Å². The number of amides is 1. The third-order valence-corrected chi connectivity index (χ3v) is 4.78. The summed E-state index contributed by atoms with van der Waals surface area (Å²) >= 11 is 0. The summed E-state index contributed by atoms with van der Waals surface area (Å²) in [6, 6.07) is 13.6. The summed E-state index contributed by atoms with van der Waals surface area (Å²) in [5.74, 6) is -0.0159. The first-order valence-electron chi connectivity index (χ1n) is 9.22. The van der Waals surface area contributed by atoms with Crippen LogP contribution in [0.1, 0.15) is 23.7 Å². The van der Waals surface area contributed by atoms with Crippen LogP contribution in [0.2, 0.25) is 0 Å². The molecule has 3 aromatic rings. The molecule has 0 spiro atoms. The highest BCUT2D eigenvalue weighted by Gasteiger charge is 2.28. The fraction of sp³-hybridized carbons (Fsp3) is 0.286. The van der Waals surface area contributed by atoms with E-state index in [2.05, 4.69) is 11.9 Å². The lowest BCUT2D eigenvalue weighted by Crippen LogP contribution is -2.45. The van der Waals surface area contributed by atoms with Crippen molar-refractivity contribution in [3.05, 3.63) is 66.6 Å². The van der Waals surface area contributed by atoms with E-state index in [0.717, 1.165) is 17.7 Å². The third kappa shape index (κ3) is 3.61. The lowest BCUT2D eigenvalue weighted by atomic mass is 10.1. The Morgan fingerprint density at radius 2 is 2.07 bits per heavy atom. The molecule has 0 aliphatic carbocycles. The summed E-state index contributed by atoms with van der Waals surface area (Å²) in [5, 5.41) is 4.70. The Labute approximate surface area is 158 Å². The Morgan fingerprint density at radius 3 is 2.81 bits per heavy atom. The largest absolute Gasteiger partial charge is 0.375 e. The van der Waals surface area contributed by atoms with Crippen LogP contribution >= 0.6 is 0 Å². The molecule has 6 nitrogen and oxygen atoms in total. The minimum atomic E-state index is -0.0159. The zero-order valence-electron chi connectivity index (χ0n) is 15.3. The second kappa shape index (κ2) is 7.72. The lowest BCUT2D eigenvalue weighted by Gasteiger charge is -2.32. The van der Waals surface area contributed by atoms with Crippen LogP contribution < -0.4 is 0 Å². The first kappa shape index (κ1) is 17.4. The first-order chi connectivity index (χ1) is 13.3. The van der Waals surface area contributed by atoms with Gasteiger partial charge in [0.15, 0.2) is 0 Å². The average molecular weight is 362 g/mol. The normalized spacial score (nSPS) is 17.1. The van der Waals surface area contributed by atoms with E-state index in [1.165, 1.54) is 0 Å². The maximum absolute atomic E-state index is 13.3. The molecule has 0 saturated carbocycles. The fourth-order valence-electron chi connectivity index (χ4n) is 3.28. The maximum Gasteiger partial charge on any atom is 0.257 e. The number of carbonyl (C=O) groups excluding carboxylic acids is 1. The number of carbonyl (C=O) groups is 1. The zero-order valence-corrected chi connectivity index (χ0v) is 15.3. The third-order valence-electron chi connectivity index (χ3n) is 4.78. The van der Waals surface area contributed by atoms with Crippen molar-refractivity contribution in [2.24, 2.45) is 0 Å². The average Bonchev–Trinajstić information content (AvgIpc) is 3.20. The Morgan fingerprint density at radius 1 is 1.22 bits per heavy atom. The second-order valence-electron chi connectivity index (χ2n) is 6.57. The summed E-state index contributed by atoms with van der Waals surface area (Å²) in [4.78, 5) is 19.3. The predicted molar refractivity (Wildman–Crippen MR) is 103 cm³/mol. The van der Waals surface area contributed by atoms with Crippen LogP contribution in [0.5, 0.6) is 0 Å². The number of hydrogen-bond donors (Lipinski definition) is 0. The fourth-order valence-corrected chi connectivity index (χ4v) is 3.28. The van der Waals surface area contributed by atoms with Gasteiger partial charge in [0.1, 0.15) is 5.69 Å². The number of ether oxygens (including phenoxy) is 1. The van der Waals surface area contributed by atoms with Gasteiger partial charge in [-0.3, -0.25) is 9.78 Å². The number of rotatable bonds is 4. The zero-order chi connectivity index (χ0) is 18.6. The van der Waals surface area contributed by atoms with Crippen LogP contribution in [-0.2, 0) is 4.74 Å². The van der Waals surface area contributed by atoms with Crippen LogP contribution in [-0.4, -0.2) is 51.4 Å². The second-order valence-corrected chi connectivity index (χ2v) is 6.57. The number of pyridine rings is 1. The van der Waals surface area contributed by atoms with Crippen LogP contribution in [0.25, 0.3) is 16.9 Å². The van der Waals surface area contributed by atoms with Crippen molar-refractivity contribution in [1.82, 2.24) is 19.7 Å². The number of para-hydroxylation sites is 1. The highest BCUT2D eigenvalue weighted by Crippen LogP contribution is 2.25. The summed E-state index contributed by atoms with van der Waals surface area (Å²) in [5.41, 5.74) is 2.98. The molecule has 3 heterocycles. The van der Waals surface area contributed by atoms with Crippen molar-refractivity contribution in [2.75, 3.05) is 19.7 Å². The van der Waals surface area contributed by atoms with E-state index in [1.807, 2.05) is 53.6 Å². The monoisotopic (exact) mass is 362 g/mol. The maximum atomic E-state index is 13.3. The summed E-state index contributed by atoms with van der Waals surface area (Å²) in [6.45, 7) is 3.85. The van der Waals surface area contributed by atoms with E-state index in [-0.39, 0.29) is 12.0 Å². The standard InChI is InChI=1S/C21H22N4O2/c1-2-18-14-24(11-12-27-18)21(26)19-15-25(17-8-4-3-5-9-17)23-20(19)16-7-6-10-22-13-16/h3-10,13,15,18H,2,11-12,14H2,1H3. The molecule has 1 aliphatic heterocycles. The van der Waals surface area contributed by atoms with Gasteiger partial charge < -0.3 is 9.64 Å². The molecule has 27 heavy (non-hydrogen) atoms. The molecule has 1 atom stereocenters. The number of morpholine rings is 1. The van der Waals surface area contributed by atoms with E-state index in [1.54, 1.807) is 17.1 Å². The quantitative estimate of drug-likeness (QED) is 0.715. The van der Waals surface area contributed by atoms with Gasteiger partial charge in [0.05, 0.1) is 24.0 Å². The molecule has 1 fully saturated rings. The van der Waals surface area contributed by atoms with E-state index < -0.39 is 0 Å². The highest BCUT2D eigenvalue weighted by molar-refractivity contribution is 6.00. The molecule has 1 aliphatic rings. The minimum absolute atomic E-state index is 0.0159. The van der Waals surface area contributed by atoms with E-state index >= 15 is 0 Å². The van der Waals surface area contributed by atoms with Crippen molar-refractivity contribution in [3.8, 4) is 16.9 Å². The van der Waals surface area contributed by atoms with Crippen molar-refractivity contribution in [3.63, 3.8) is 0 Å². The summed E-state index contributed by atoms with van der Waals surface area (Å²) in [7, 11) is 0. The molecule has 1 saturated heterocycles. The first-order valence-corrected chi connectivity index (χ1v) is 9.22. The van der Waals surface area contributed by atoms with Crippen LogP contribution in [0.4, 0.5) is 0 Å². The smallest absolute Gasteiger partial charge is 0.257 e.